The number of phenols is 1. The van der Waals surface area contributed by atoms with E-state index in [1.807, 2.05) is 6.07 Å². The average molecular weight is 378 g/mol. The van der Waals surface area contributed by atoms with Crippen LogP contribution < -0.4 is 14.8 Å². The third-order valence-corrected chi connectivity index (χ3v) is 3.86. The maximum atomic E-state index is 12.5. The molecular weight excluding hydrogens is 356 g/mol. The Bertz CT molecular complexity index is 925. The van der Waals surface area contributed by atoms with Gasteiger partial charge in [-0.1, -0.05) is 6.08 Å². The molecule has 2 rings (SSSR count). The lowest BCUT2D eigenvalue weighted by Crippen LogP contribution is -2.13. The molecule has 2 N–H and O–H groups in total. The zero-order chi connectivity index (χ0) is 20.5. The maximum absolute atomic E-state index is 12.5. The van der Waals surface area contributed by atoms with Gasteiger partial charge in [-0.05, 0) is 61.4 Å². The van der Waals surface area contributed by atoms with E-state index >= 15 is 0 Å². The Morgan fingerprint density at radius 1 is 1.32 bits per heavy atom. The van der Waals surface area contributed by atoms with Gasteiger partial charge >= 0.3 is 0 Å². The van der Waals surface area contributed by atoms with Crippen LogP contribution in [-0.4, -0.2) is 24.7 Å². The summed E-state index contributed by atoms with van der Waals surface area (Å²) < 4.78 is 10.5. The van der Waals surface area contributed by atoms with Crippen LogP contribution in [-0.2, 0) is 11.2 Å². The van der Waals surface area contributed by atoms with Gasteiger partial charge in [0.05, 0.1) is 13.7 Å². The summed E-state index contributed by atoms with van der Waals surface area (Å²) in [6.07, 6.45) is 3.53. The number of hydrogen-bond donors (Lipinski definition) is 2. The molecule has 0 aliphatic carbocycles. The predicted octanol–water partition coefficient (Wildman–Crippen LogP) is 4.07. The molecule has 0 heterocycles. The maximum Gasteiger partial charge on any atom is 0.266 e. The van der Waals surface area contributed by atoms with Crippen molar-refractivity contribution in [1.82, 2.24) is 0 Å². The summed E-state index contributed by atoms with van der Waals surface area (Å²) in [5.41, 5.74) is 1.63. The number of amides is 1. The standard InChI is InChI=1S/C22H22N2O4/c1-4-6-16-11-15(13-20(21(16)25)28-5-2)12-17(14-23)22(26)24-18-7-9-19(27-3)10-8-18/h4,7-13,25H,1,5-6H2,2-3H3,(H,24,26)/b17-12-. The van der Waals surface area contributed by atoms with Gasteiger partial charge in [0.1, 0.15) is 17.4 Å². The third kappa shape index (κ3) is 5.15. The van der Waals surface area contributed by atoms with Gasteiger partial charge < -0.3 is 19.9 Å². The van der Waals surface area contributed by atoms with E-state index in [-0.39, 0.29) is 11.3 Å². The Kier molecular flexibility index (Phi) is 7.23. The summed E-state index contributed by atoms with van der Waals surface area (Å²) >= 11 is 0. The molecule has 0 unspecified atom stereocenters. The number of nitriles is 1. The first-order valence-electron chi connectivity index (χ1n) is 8.69. The van der Waals surface area contributed by atoms with Gasteiger partial charge in [-0.15, -0.1) is 6.58 Å². The van der Waals surface area contributed by atoms with Crippen molar-refractivity contribution < 1.29 is 19.4 Å². The fourth-order valence-corrected chi connectivity index (χ4v) is 2.54. The highest BCUT2D eigenvalue weighted by Gasteiger charge is 2.13. The second kappa shape index (κ2) is 9.83. The van der Waals surface area contributed by atoms with Crippen molar-refractivity contribution >= 4 is 17.7 Å². The molecule has 28 heavy (non-hydrogen) atoms. The van der Waals surface area contributed by atoms with Gasteiger partial charge in [0, 0.05) is 11.3 Å². The molecular formula is C22H22N2O4. The molecule has 2 aromatic carbocycles. The summed E-state index contributed by atoms with van der Waals surface area (Å²) in [5.74, 6) is 0.446. The predicted molar refractivity (Wildman–Crippen MR) is 108 cm³/mol. The van der Waals surface area contributed by atoms with E-state index in [2.05, 4.69) is 11.9 Å². The van der Waals surface area contributed by atoms with Crippen LogP contribution in [0.25, 0.3) is 6.08 Å². The number of rotatable bonds is 8. The van der Waals surface area contributed by atoms with Crippen molar-refractivity contribution in [1.29, 1.82) is 5.26 Å². The summed E-state index contributed by atoms with van der Waals surface area (Å²) in [7, 11) is 1.55. The summed E-state index contributed by atoms with van der Waals surface area (Å²) in [5, 5.41) is 22.4. The molecule has 0 aliphatic heterocycles. The zero-order valence-electron chi connectivity index (χ0n) is 15.9. The number of aromatic hydroxyl groups is 1. The Morgan fingerprint density at radius 2 is 2.04 bits per heavy atom. The molecule has 0 radical (unpaired) electrons. The van der Waals surface area contributed by atoms with E-state index in [9.17, 15) is 15.2 Å². The third-order valence-electron chi connectivity index (χ3n) is 3.86. The van der Waals surface area contributed by atoms with Crippen molar-refractivity contribution in [3.8, 4) is 23.3 Å². The highest BCUT2D eigenvalue weighted by molar-refractivity contribution is 6.09. The Hall–Kier alpha value is -3.72. The minimum absolute atomic E-state index is 0.0279. The molecule has 0 fully saturated rings. The van der Waals surface area contributed by atoms with Gasteiger partial charge in [0.25, 0.3) is 5.91 Å². The zero-order valence-corrected chi connectivity index (χ0v) is 15.9. The average Bonchev–Trinajstić information content (AvgIpc) is 2.70. The number of nitrogens with zero attached hydrogens (tertiary/aromatic N) is 1. The minimum atomic E-state index is -0.538. The molecule has 1 amide bonds. The van der Waals surface area contributed by atoms with E-state index in [1.54, 1.807) is 56.5 Å². The number of phenolic OH excluding ortho intramolecular Hbond substituents is 1. The number of carbonyl (C=O) groups excluding carboxylic acids is 1. The first-order valence-corrected chi connectivity index (χ1v) is 8.69. The topological polar surface area (TPSA) is 91.6 Å². The highest BCUT2D eigenvalue weighted by atomic mass is 16.5. The molecule has 6 heteroatoms. The molecule has 0 atom stereocenters. The highest BCUT2D eigenvalue weighted by Crippen LogP contribution is 2.33. The Balaban J connectivity index is 2.32. The van der Waals surface area contributed by atoms with E-state index in [0.29, 0.717) is 41.3 Å². The van der Waals surface area contributed by atoms with Crippen LogP contribution in [0.2, 0.25) is 0 Å². The summed E-state index contributed by atoms with van der Waals surface area (Å²) in [6, 6.07) is 12.0. The smallest absolute Gasteiger partial charge is 0.266 e. The van der Waals surface area contributed by atoms with Crippen LogP contribution in [0.4, 0.5) is 5.69 Å². The van der Waals surface area contributed by atoms with E-state index in [0.717, 1.165) is 0 Å². The SMILES string of the molecule is C=CCc1cc(/C=C(/C#N)C(=O)Nc2ccc(OC)cc2)cc(OCC)c1O. The van der Waals surface area contributed by atoms with E-state index in [4.69, 9.17) is 9.47 Å². The molecule has 0 aliphatic rings. The monoisotopic (exact) mass is 378 g/mol. The summed E-state index contributed by atoms with van der Waals surface area (Å²) in [6.45, 7) is 5.85. The quantitative estimate of drug-likeness (QED) is 0.410. The van der Waals surface area contributed by atoms with Gasteiger partial charge in [-0.3, -0.25) is 4.79 Å². The number of methoxy groups -OCH3 is 1. The largest absolute Gasteiger partial charge is 0.504 e. The molecule has 0 bridgehead atoms. The van der Waals surface area contributed by atoms with Crippen LogP contribution in [0.3, 0.4) is 0 Å². The van der Waals surface area contributed by atoms with Gasteiger partial charge in [0.2, 0.25) is 0 Å². The lowest BCUT2D eigenvalue weighted by atomic mass is 10.0. The molecule has 0 aromatic heterocycles. The van der Waals surface area contributed by atoms with Crippen LogP contribution in [0.1, 0.15) is 18.1 Å². The van der Waals surface area contributed by atoms with Crippen molar-refractivity contribution in [3.05, 3.63) is 65.8 Å². The molecule has 0 spiro atoms. The second-order valence-electron chi connectivity index (χ2n) is 5.81. The Labute approximate surface area is 164 Å². The number of anilines is 1. The number of ether oxygens (including phenoxy) is 2. The van der Waals surface area contributed by atoms with E-state index in [1.165, 1.54) is 6.08 Å². The van der Waals surface area contributed by atoms with Gasteiger partial charge in [-0.2, -0.15) is 5.26 Å². The molecule has 2 aromatic rings. The van der Waals surface area contributed by atoms with Gasteiger partial charge in [0.15, 0.2) is 11.5 Å². The molecule has 0 saturated carbocycles. The lowest BCUT2D eigenvalue weighted by molar-refractivity contribution is -0.112. The van der Waals surface area contributed by atoms with Crippen LogP contribution in [0.5, 0.6) is 17.2 Å². The van der Waals surface area contributed by atoms with Crippen molar-refractivity contribution in [2.75, 3.05) is 19.0 Å². The van der Waals surface area contributed by atoms with Crippen molar-refractivity contribution in [2.24, 2.45) is 0 Å². The minimum Gasteiger partial charge on any atom is -0.504 e. The number of allylic oxidation sites excluding steroid dienone is 1. The first kappa shape index (κ1) is 20.6. The van der Waals surface area contributed by atoms with Crippen LogP contribution >= 0.6 is 0 Å². The van der Waals surface area contributed by atoms with Gasteiger partial charge in [-0.25, -0.2) is 0 Å². The number of carbonyl (C=O) groups is 1. The van der Waals surface area contributed by atoms with Crippen LogP contribution in [0.15, 0.2) is 54.6 Å². The number of nitrogens with one attached hydrogen (secondary N) is 1. The first-order chi connectivity index (χ1) is 13.5. The van der Waals surface area contributed by atoms with Crippen molar-refractivity contribution in [3.63, 3.8) is 0 Å². The lowest BCUT2D eigenvalue weighted by Gasteiger charge is -2.11. The van der Waals surface area contributed by atoms with Crippen LogP contribution in [0, 0.1) is 11.3 Å². The fourth-order valence-electron chi connectivity index (χ4n) is 2.54. The number of hydrogen-bond acceptors (Lipinski definition) is 5. The second-order valence-corrected chi connectivity index (χ2v) is 5.81. The fraction of sp³-hybridized carbons (Fsp3) is 0.182. The molecule has 0 saturated heterocycles. The summed E-state index contributed by atoms with van der Waals surface area (Å²) in [4.78, 5) is 12.5. The molecule has 144 valence electrons. The number of benzene rings is 2. The Morgan fingerprint density at radius 3 is 2.61 bits per heavy atom. The van der Waals surface area contributed by atoms with E-state index < -0.39 is 5.91 Å². The van der Waals surface area contributed by atoms with Crippen molar-refractivity contribution in [2.45, 2.75) is 13.3 Å². The molecule has 6 nitrogen and oxygen atoms in total. The normalized spacial score (nSPS) is 10.7.